The molecular formula is C15H24O3S. The fourth-order valence-corrected chi connectivity index (χ4v) is 3.23. The molecule has 0 aliphatic heterocycles. The highest BCUT2D eigenvalue weighted by molar-refractivity contribution is 7.86. The maximum absolute atomic E-state index is 11.5. The first-order valence-electron chi connectivity index (χ1n) is 7.07. The van der Waals surface area contributed by atoms with E-state index in [0.29, 0.717) is 12.0 Å². The van der Waals surface area contributed by atoms with E-state index in [1.54, 1.807) is 24.3 Å². The lowest BCUT2D eigenvalue weighted by molar-refractivity contribution is 0.459. The van der Waals surface area contributed by atoms with E-state index in [9.17, 15) is 13.0 Å². The third kappa shape index (κ3) is 6.21. The van der Waals surface area contributed by atoms with Gasteiger partial charge in [-0.1, -0.05) is 75.8 Å². The molecule has 0 aromatic heterocycles. The fraction of sp³-hybridized carbons (Fsp3) is 0.600. The Labute approximate surface area is 116 Å². The molecule has 1 rings (SSSR count). The Morgan fingerprint density at radius 1 is 1.00 bits per heavy atom. The van der Waals surface area contributed by atoms with E-state index < -0.39 is 15.4 Å². The molecule has 3 nitrogen and oxygen atoms in total. The summed E-state index contributed by atoms with van der Waals surface area (Å²) < 4.78 is 32.3. The van der Waals surface area contributed by atoms with Gasteiger partial charge < -0.3 is 0 Å². The molecular weight excluding hydrogens is 260 g/mol. The molecule has 1 aromatic carbocycles. The zero-order valence-corrected chi connectivity index (χ0v) is 12.4. The molecule has 1 unspecified atom stereocenters. The number of hydrogen-bond donors (Lipinski definition) is 1. The third-order valence-electron chi connectivity index (χ3n) is 3.35. The van der Waals surface area contributed by atoms with Gasteiger partial charge in [-0.3, -0.25) is 4.55 Å². The van der Waals surface area contributed by atoms with Gasteiger partial charge in [0.1, 0.15) is 5.25 Å². The Hall–Kier alpha value is -0.870. The third-order valence-corrected chi connectivity index (χ3v) is 4.58. The summed E-state index contributed by atoms with van der Waals surface area (Å²) in [5.41, 5.74) is 0.679. The van der Waals surface area contributed by atoms with Crippen LogP contribution in [0.3, 0.4) is 0 Å². The molecule has 1 aromatic rings. The molecule has 0 saturated heterocycles. The summed E-state index contributed by atoms with van der Waals surface area (Å²) in [5, 5.41) is -0.778. The second-order valence-corrected chi connectivity index (χ2v) is 6.57. The average molecular weight is 284 g/mol. The summed E-state index contributed by atoms with van der Waals surface area (Å²) in [7, 11) is -4.02. The molecule has 4 heteroatoms. The van der Waals surface area contributed by atoms with Crippen LogP contribution in [0, 0.1) is 0 Å². The standard InChI is InChI=1S/C15H24O3S/c1-2-3-4-5-6-10-13-15(19(16,17)18)14-11-8-7-9-12-14/h7-9,11-12,15H,2-6,10,13H2,1H3,(H,16,17,18). The predicted octanol–water partition coefficient (Wildman–Crippen LogP) is 4.37. The molecule has 0 amide bonds. The number of unbranched alkanes of at least 4 members (excludes halogenated alkanes) is 5. The van der Waals surface area contributed by atoms with Crippen LogP contribution in [0.1, 0.15) is 62.7 Å². The van der Waals surface area contributed by atoms with Crippen LogP contribution in [0.25, 0.3) is 0 Å². The largest absolute Gasteiger partial charge is 0.285 e. The van der Waals surface area contributed by atoms with Crippen molar-refractivity contribution in [2.24, 2.45) is 0 Å². The fourth-order valence-electron chi connectivity index (χ4n) is 2.27. The zero-order chi connectivity index (χ0) is 14.1. The van der Waals surface area contributed by atoms with Crippen molar-refractivity contribution in [2.75, 3.05) is 0 Å². The second-order valence-electron chi connectivity index (χ2n) is 4.97. The van der Waals surface area contributed by atoms with Crippen LogP contribution in [-0.2, 0) is 10.1 Å². The minimum atomic E-state index is -4.02. The van der Waals surface area contributed by atoms with Crippen LogP contribution in [0.2, 0.25) is 0 Å². The molecule has 1 N–H and O–H groups in total. The molecule has 0 bridgehead atoms. The van der Waals surface area contributed by atoms with Gasteiger partial charge >= 0.3 is 0 Å². The van der Waals surface area contributed by atoms with Gasteiger partial charge in [-0.25, -0.2) is 0 Å². The predicted molar refractivity (Wildman–Crippen MR) is 78.7 cm³/mol. The highest BCUT2D eigenvalue weighted by Gasteiger charge is 2.24. The van der Waals surface area contributed by atoms with Crippen LogP contribution >= 0.6 is 0 Å². The van der Waals surface area contributed by atoms with Crippen LogP contribution in [0.4, 0.5) is 0 Å². The SMILES string of the molecule is CCCCCCCCC(c1ccccc1)S(=O)(=O)O. The van der Waals surface area contributed by atoms with E-state index in [4.69, 9.17) is 0 Å². The minimum absolute atomic E-state index is 0.495. The van der Waals surface area contributed by atoms with Gasteiger partial charge in [0.25, 0.3) is 10.1 Å². The number of rotatable bonds is 9. The second kappa shape index (κ2) is 8.33. The highest BCUT2D eigenvalue weighted by Crippen LogP contribution is 2.27. The Morgan fingerprint density at radius 2 is 1.58 bits per heavy atom. The molecule has 19 heavy (non-hydrogen) atoms. The van der Waals surface area contributed by atoms with E-state index in [1.807, 2.05) is 6.07 Å². The maximum Gasteiger partial charge on any atom is 0.271 e. The van der Waals surface area contributed by atoms with Crippen LogP contribution in [0.15, 0.2) is 30.3 Å². The summed E-state index contributed by atoms with van der Waals surface area (Å²) in [6, 6.07) is 8.96. The van der Waals surface area contributed by atoms with Gasteiger partial charge in [0.2, 0.25) is 0 Å². The molecule has 1 atom stereocenters. The van der Waals surface area contributed by atoms with E-state index in [0.717, 1.165) is 19.3 Å². The Bertz CT molecular complexity index is 440. The van der Waals surface area contributed by atoms with Crippen molar-refractivity contribution in [3.8, 4) is 0 Å². The lowest BCUT2D eigenvalue weighted by Crippen LogP contribution is -2.12. The smallest absolute Gasteiger partial charge is 0.271 e. The molecule has 0 aliphatic rings. The van der Waals surface area contributed by atoms with Crippen LogP contribution in [-0.4, -0.2) is 13.0 Å². The van der Waals surface area contributed by atoms with Crippen molar-refractivity contribution in [1.82, 2.24) is 0 Å². The van der Waals surface area contributed by atoms with Gasteiger partial charge in [-0.2, -0.15) is 8.42 Å². The van der Waals surface area contributed by atoms with E-state index in [-0.39, 0.29) is 0 Å². The topological polar surface area (TPSA) is 54.4 Å². The van der Waals surface area contributed by atoms with Crippen molar-refractivity contribution < 1.29 is 13.0 Å². The molecule has 0 aliphatic carbocycles. The molecule has 0 fully saturated rings. The summed E-state index contributed by atoms with van der Waals surface area (Å²) >= 11 is 0. The molecule has 108 valence electrons. The maximum atomic E-state index is 11.5. The zero-order valence-electron chi connectivity index (χ0n) is 11.6. The molecule has 0 saturated carbocycles. The lowest BCUT2D eigenvalue weighted by atomic mass is 10.0. The summed E-state index contributed by atoms with van der Waals surface area (Å²) in [4.78, 5) is 0. The van der Waals surface area contributed by atoms with Gasteiger partial charge in [0, 0.05) is 0 Å². The van der Waals surface area contributed by atoms with Crippen LogP contribution in [0.5, 0.6) is 0 Å². The van der Waals surface area contributed by atoms with E-state index in [1.165, 1.54) is 19.3 Å². The van der Waals surface area contributed by atoms with Gasteiger partial charge in [-0.05, 0) is 12.0 Å². The van der Waals surface area contributed by atoms with Gasteiger partial charge in [0.05, 0.1) is 0 Å². The monoisotopic (exact) mass is 284 g/mol. The van der Waals surface area contributed by atoms with Crippen molar-refractivity contribution in [1.29, 1.82) is 0 Å². The quantitative estimate of drug-likeness (QED) is 0.541. The summed E-state index contributed by atoms with van der Waals surface area (Å²) in [6.07, 6.45) is 7.15. The Morgan fingerprint density at radius 3 is 2.16 bits per heavy atom. The van der Waals surface area contributed by atoms with Crippen LogP contribution < -0.4 is 0 Å². The van der Waals surface area contributed by atoms with Crippen molar-refractivity contribution in [2.45, 2.75) is 57.1 Å². The number of benzene rings is 1. The first kappa shape index (κ1) is 16.2. The molecule has 0 radical (unpaired) electrons. The Balaban J connectivity index is 2.49. The molecule has 0 heterocycles. The van der Waals surface area contributed by atoms with E-state index >= 15 is 0 Å². The Kier molecular flexibility index (Phi) is 7.10. The van der Waals surface area contributed by atoms with Crippen molar-refractivity contribution in [3.05, 3.63) is 35.9 Å². The lowest BCUT2D eigenvalue weighted by Gasteiger charge is -2.14. The average Bonchev–Trinajstić information content (AvgIpc) is 2.37. The summed E-state index contributed by atoms with van der Waals surface area (Å²) in [5.74, 6) is 0. The van der Waals surface area contributed by atoms with Gasteiger partial charge in [0.15, 0.2) is 0 Å². The number of hydrogen-bond acceptors (Lipinski definition) is 2. The molecule has 0 spiro atoms. The van der Waals surface area contributed by atoms with Gasteiger partial charge in [-0.15, -0.1) is 0 Å². The van der Waals surface area contributed by atoms with Crippen molar-refractivity contribution in [3.63, 3.8) is 0 Å². The highest BCUT2D eigenvalue weighted by atomic mass is 32.2. The first-order chi connectivity index (χ1) is 9.05. The van der Waals surface area contributed by atoms with Crippen molar-refractivity contribution >= 4 is 10.1 Å². The summed E-state index contributed by atoms with van der Waals surface area (Å²) in [6.45, 7) is 2.17. The normalized spacial score (nSPS) is 13.4. The first-order valence-corrected chi connectivity index (χ1v) is 8.57. The minimum Gasteiger partial charge on any atom is -0.285 e. The van der Waals surface area contributed by atoms with E-state index in [2.05, 4.69) is 6.92 Å².